The number of nitrogens with zero attached hydrogens (tertiary/aromatic N) is 4. The molecule has 2 aromatic heterocycles. The SMILES string of the molecule is CCNCc1cncc(N(C)Cc2cscn2)n1. The van der Waals surface area contributed by atoms with Gasteiger partial charge in [0.1, 0.15) is 5.82 Å². The normalized spacial score (nSPS) is 10.6. The Bertz CT molecular complexity index is 471. The van der Waals surface area contributed by atoms with E-state index in [0.717, 1.165) is 36.8 Å². The third kappa shape index (κ3) is 3.48. The first-order valence-electron chi connectivity index (χ1n) is 5.89. The summed E-state index contributed by atoms with van der Waals surface area (Å²) in [6, 6.07) is 0. The molecule has 0 spiro atoms. The highest BCUT2D eigenvalue weighted by atomic mass is 32.1. The molecule has 0 bridgehead atoms. The fraction of sp³-hybridized carbons (Fsp3) is 0.417. The third-order valence-corrected chi connectivity index (χ3v) is 3.14. The molecule has 0 saturated heterocycles. The van der Waals surface area contributed by atoms with Crippen molar-refractivity contribution in [2.45, 2.75) is 20.0 Å². The zero-order valence-corrected chi connectivity index (χ0v) is 11.4. The van der Waals surface area contributed by atoms with Crippen molar-refractivity contribution in [2.75, 3.05) is 18.5 Å². The highest BCUT2D eigenvalue weighted by Gasteiger charge is 2.06. The Balaban J connectivity index is 2.03. The summed E-state index contributed by atoms with van der Waals surface area (Å²) in [6.07, 6.45) is 3.57. The minimum atomic E-state index is 0.752. The van der Waals surface area contributed by atoms with Crippen molar-refractivity contribution in [1.29, 1.82) is 0 Å². The van der Waals surface area contributed by atoms with E-state index >= 15 is 0 Å². The van der Waals surface area contributed by atoms with E-state index in [1.165, 1.54) is 0 Å². The molecule has 2 aromatic rings. The average Bonchev–Trinajstić information content (AvgIpc) is 2.89. The molecule has 0 saturated carbocycles. The zero-order valence-electron chi connectivity index (χ0n) is 10.6. The third-order valence-electron chi connectivity index (χ3n) is 2.50. The Morgan fingerprint density at radius 3 is 2.94 bits per heavy atom. The van der Waals surface area contributed by atoms with Gasteiger partial charge in [-0.05, 0) is 6.54 Å². The molecule has 96 valence electrons. The highest BCUT2D eigenvalue weighted by molar-refractivity contribution is 7.07. The number of rotatable bonds is 6. The number of hydrogen-bond donors (Lipinski definition) is 1. The van der Waals surface area contributed by atoms with Gasteiger partial charge in [-0.25, -0.2) is 9.97 Å². The van der Waals surface area contributed by atoms with Gasteiger partial charge >= 0.3 is 0 Å². The van der Waals surface area contributed by atoms with Crippen LogP contribution in [0.5, 0.6) is 0 Å². The van der Waals surface area contributed by atoms with Crippen molar-refractivity contribution in [2.24, 2.45) is 0 Å². The maximum atomic E-state index is 4.57. The van der Waals surface area contributed by atoms with Gasteiger partial charge in [-0.3, -0.25) is 4.98 Å². The number of aromatic nitrogens is 3. The molecule has 0 amide bonds. The first-order chi connectivity index (χ1) is 8.79. The molecule has 18 heavy (non-hydrogen) atoms. The summed E-state index contributed by atoms with van der Waals surface area (Å²) in [4.78, 5) is 15.1. The largest absolute Gasteiger partial charge is 0.352 e. The Hall–Kier alpha value is -1.53. The Morgan fingerprint density at radius 2 is 2.22 bits per heavy atom. The van der Waals surface area contributed by atoms with Gasteiger partial charge in [-0.2, -0.15) is 0 Å². The van der Waals surface area contributed by atoms with Gasteiger partial charge in [0.15, 0.2) is 0 Å². The summed E-state index contributed by atoms with van der Waals surface area (Å²) in [6.45, 7) is 4.51. The van der Waals surface area contributed by atoms with Crippen LogP contribution in [0.15, 0.2) is 23.3 Å². The summed E-state index contributed by atoms with van der Waals surface area (Å²) in [5.41, 5.74) is 3.86. The lowest BCUT2D eigenvalue weighted by molar-refractivity contribution is 0.704. The molecule has 0 aliphatic heterocycles. The van der Waals surface area contributed by atoms with Crippen LogP contribution in [0.2, 0.25) is 0 Å². The first-order valence-corrected chi connectivity index (χ1v) is 6.83. The van der Waals surface area contributed by atoms with Crippen molar-refractivity contribution < 1.29 is 0 Å². The van der Waals surface area contributed by atoms with Gasteiger partial charge in [0.2, 0.25) is 0 Å². The fourth-order valence-electron chi connectivity index (χ4n) is 1.56. The number of thiazole rings is 1. The predicted molar refractivity (Wildman–Crippen MR) is 73.6 cm³/mol. The molecule has 0 aliphatic rings. The van der Waals surface area contributed by atoms with E-state index < -0.39 is 0 Å². The maximum absolute atomic E-state index is 4.57. The standard InChI is InChI=1S/C12H17N5S/c1-3-13-4-10-5-14-6-12(16-10)17(2)7-11-8-18-9-15-11/h5-6,8-9,13H,3-4,7H2,1-2H3. The van der Waals surface area contributed by atoms with Gasteiger partial charge in [0.05, 0.1) is 29.6 Å². The monoisotopic (exact) mass is 263 g/mol. The van der Waals surface area contributed by atoms with E-state index in [9.17, 15) is 0 Å². The lowest BCUT2D eigenvalue weighted by Gasteiger charge is -2.17. The highest BCUT2D eigenvalue weighted by Crippen LogP contribution is 2.12. The molecule has 2 heterocycles. The molecule has 0 fully saturated rings. The molecule has 0 radical (unpaired) electrons. The van der Waals surface area contributed by atoms with Crippen LogP contribution in [-0.2, 0) is 13.1 Å². The van der Waals surface area contributed by atoms with E-state index in [2.05, 4.69) is 32.1 Å². The number of hydrogen-bond acceptors (Lipinski definition) is 6. The summed E-state index contributed by atoms with van der Waals surface area (Å²) < 4.78 is 0. The van der Waals surface area contributed by atoms with Crippen molar-refractivity contribution in [1.82, 2.24) is 20.3 Å². The van der Waals surface area contributed by atoms with E-state index in [-0.39, 0.29) is 0 Å². The topological polar surface area (TPSA) is 53.9 Å². The number of nitrogens with one attached hydrogen (secondary N) is 1. The zero-order chi connectivity index (χ0) is 12.8. The molecular formula is C12H17N5S. The molecule has 0 unspecified atom stereocenters. The van der Waals surface area contributed by atoms with Crippen molar-refractivity contribution in [3.63, 3.8) is 0 Å². The predicted octanol–water partition coefficient (Wildman–Crippen LogP) is 1.68. The second kappa shape index (κ2) is 6.42. The Morgan fingerprint density at radius 1 is 1.33 bits per heavy atom. The lowest BCUT2D eigenvalue weighted by Crippen LogP contribution is -2.20. The van der Waals surface area contributed by atoms with E-state index in [4.69, 9.17) is 0 Å². The van der Waals surface area contributed by atoms with Crippen LogP contribution in [0.3, 0.4) is 0 Å². The van der Waals surface area contributed by atoms with E-state index in [1.807, 2.05) is 17.9 Å². The fourth-order valence-corrected chi connectivity index (χ4v) is 2.11. The Kier molecular flexibility index (Phi) is 4.60. The Labute approximate surface area is 111 Å². The number of anilines is 1. The van der Waals surface area contributed by atoms with Crippen LogP contribution in [0.1, 0.15) is 18.3 Å². The summed E-state index contributed by atoms with van der Waals surface area (Å²) in [7, 11) is 2.00. The average molecular weight is 263 g/mol. The van der Waals surface area contributed by atoms with Crippen LogP contribution in [0, 0.1) is 0 Å². The molecule has 0 aliphatic carbocycles. The van der Waals surface area contributed by atoms with Crippen LogP contribution < -0.4 is 10.2 Å². The minimum absolute atomic E-state index is 0.752. The quantitative estimate of drug-likeness (QED) is 0.859. The molecule has 5 nitrogen and oxygen atoms in total. The van der Waals surface area contributed by atoms with Crippen molar-refractivity contribution in [3.05, 3.63) is 34.7 Å². The summed E-state index contributed by atoms with van der Waals surface area (Å²) in [5.74, 6) is 0.874. The molecular weight excluding hydrogens is 246 g/mol. The summed E-state index contributed by atoms with van der Waals surface area (Å²) in [5, 5.41) is 5.29. The van der Waals surface area contributed by atoms with E-state index in [1.54, 1.807) is 23.7 Å². The molecule has 0 atom stereocenters. The van der Waals surface area contributed by atoms with Crippen LogP contribution in [-0.4, -0.2) is 28.5 Å². The van der Waals surface area contributed by atoms with Crippen LogP contribution >= 0.6 is 11.3 Å². The van der Waals surface area contributed by atoms with Gasteiger partial charge in [-0.1, -0.05) is 6.92 Å². The van der Waals surface area contributed by atoms with Gasteiger partial charge in [0, 0.05) is 25.2 Å². The van der Waals surface area contributed by atoms with Gasteiger partial charge in [-0.15, -0.1) is 11.3 Å². The van der Waals surface area contributed by atoms with Gasteiger partial charge < -0.3 is 10.2 Å². The van der Waals surface area contributed by atoms with Crippen molar-refractivity contribution >= 4 is 17.2 Å². The van der Waals surface area contributed by atoms with Crippen LogP contribution in [0.4, 0.5) is 5.82 Å². The summed E-state index contributed by atoms with van der Waals surface area (Å²) >= 11 is 1.61. The molecule has 6 heteroatoms. The second-order valence-electron chi connectivity index (χ2n) is 3.98. The van der Waals surface area contributed by atoms with Gasteiger partial charge in [0.25, 0.3) is 0 Å². The van der Waals surface area contributed by atoms with Crippen LogP contribution in [0.25, 0.3) is 0 Å². The van der Waals surface area contributed by atoms with Crippen molar-refractivity contribution in [3.8, 4) is 0 Å². The molecule has 1 N–H and O–H groups in total. The first kappa shape index (κ1) is 12.9. The lowest BCUT2D eigenvalue weighted by atomic mass is 10.4. The molecule has 0 aromatic carbocycles. The molecule has 2 rings (SSSR count). The minimum Gasteiger partial charge on any atom is -0.352 e. The smallest absolute Gasteiger partial charge is 0.147 e. The maximum Gasteiger partial charge on any atom is 0.147 e. The van der Waals surface area contributed by atoms with E-state index in [0.29, 0.717) is 0 Å². The second-order valence-corrected chi connectivity index (χ2v) is 4.70.